The molecule has 2 N–H and O–H groups in total. The van der Waals surface area contributed by atoms with Crippen molar-refractivity contribution in [3.05, 3.63) is 61.0 Å². The van der Waals surface area contributed by atoms with Crippen molar-refractivity contribution in [2.75, 3.05) is 0 Å². The molecule has 0 radical (unpaired) electrons. The largest absolute Gasteiger partial charge is 0.506 e. The fourth-order valence-electron chi connectivity index (χ4n) is 1.96. The van der Waals surface area contributed by atoms with Gasteiger partial charge in [-0.3, -0.25) is 4.79 Å². The molecule has 0 saturated heterocycles. The average molecular weight is 475 g/mol. The number of phenols is 1. The highest BCUT2D eigenvalue weighted by molar-refractivity contribution is 9.11. The molecule has 24 heavy (non-hydrogen) atoms. The van der Waals surface area contributed by atoms with Crippen LogP contribution in [0, 0.1) is 6.92 Å². The second-order valence-electron chi connectivity index (χ2n) is 5.15. The number of nitrogens with zero attached hydrogens (tertiary/aromatic N) is 1. The van der Waals surface area contributed by atoms with Gasteiger partial charge in [-0.25, -0.2) is 5.43 Å². The highest BCUT2D eigenvalue weighted by Crippen LogP contribution is 2.35. The molecule has 0 spiro atoms. The van der Waals surface area contributed by atoms with Crippen LogP contribution in [-0.2, 0) is 11.2 Å². The fraction of sp³-hybridized carbons (Fsp3) is 0.176. The number of benzene rings is 2. The lowest BCUT2D eigenvalue weighted by Gasteiger charge is -2.07. The predicted octanol–water partition coefficient (Wildman–Crippen LogP) is 4.96. The number of carbonyl (C=O) groups is 1. The van der Waals surface area contributed by atoms with Crippen LogP contribution in [0.3, 0.4) is 0 Å². The maximum absolute atomic E-state index is 11.8. The summed E-state index contributed by atoms with van der Waals surface area (Å²) in [4.78, 5) is 11.8. The second-order valence-corrected chi connectivity index (χ2v) is 7.24. The molecule has 0 bridgehead atoms. The van der Waals surface area contributed by atoms with Crippen LogP contribution in [0.5, 0.6) is 5.75 Å². The van der Waals surface area contributed by atoms with E-state index in [0.29, 0.717) is 27.9 Å². The Bertz CT molecular complexity index is 777. The number of hydrazone groups is 1. The number of phenolic OH excluding ortho intramolecular Hbond substituents is 1. The smallest absolute Gasteiger partial charge is 0.240 e. The van der Waals surface area contributed by atoms with Gasteiger partial charge in [0.25, 0.3) is 0 Å². The summed E-state index contributed by atoms with van der Waals surface area (Å²) < 4.78 is 1.43. The molecule has 2 aromatic carbocycles. The van der Waals surface area contributed by atoms with Crippen LogP contribution in [0.4, 0.5) is 0 Å². The Morgan fingerprint density at radius 2 is 2.00 bits per heavy atom. The molecule has 0 atom stereocenters. The van der Waals surface area contributed by atoms with E-state index >= 15 is 0 Å². The second kappa shape index (κ2) is 8.65. The van der Waals surface area contributed by atoms with E-state index in [0.717, 1.165) is 15.6 Å². The minimum Gasteiger partial charge on any atom is -0.506 e. The van der Waals surface area contributed by atoms with Gasteiger partial charge in [-0.15, -0.1) is 0 Å². The lowest BCUT2D eigenvalue weighted by atomic mass is 10.1. The number of halogens is 3. The van der Waals surface area contributed by atoms with Crippen LogP contribution >= 0.6 is 43.5 Å². The van der Waals surface area contributed by atoms with E-state index in [4.69, 9.17) is 11.6 Å². The molecule has 0 aliphatic rings. The zero-order valence-electron chi connectivity index (χ0n) is 12.8. The number of rotatable bonds is 5. The van der Waals surface area contributed by atoms with E-state index in [-0.39, 0.29) is 11.7 Å². The van der Waals surface area contributed by atoms with Gasteiger partial charge in [0.05, 0.1) is 10.7 Å². The lowest BCUT2D eigenvalue weighted by Crippen LogP contribution is -2.17. The Balaban J connectivity index is 1.92. The van der Waals surface area contributed by atoms with Gasteiger partial charge in [0, 0.05) is 21.5 Å². The Labute approximate surface area is 162 Å². The molecular weight excluding hydrogens is 459 g/mol. The molecule has 0 aliphatic heterocycles. The standard InChI is InChI=1S/C17H15Br2ClN2O2/c1-10-14(18)8-12(17(24)16(10)19)9-21-22-15(23)7-4-11-2-5-13(20)6-3-11/h2-3,5-6,8-9,24H,4,7H2,1H3,(H,22,23)/b21-9+. The van der Waals surface area contributed by atoms with Crippen LogP contribution < -0.4 is 5.43 Å². The van der Waals surface area contributed by atoms with E-state index in [9.17, 15) is 9.90 Å². The van der Waals surface area contributed by atoms with Gasteiger partial charge in [0.2, 0.25) is 5.91 Å². The SMILES string of the molecule is Cc1c(Br)cc(/C=N/NC(=O)CCc2ccc(Cl)cc2)c(O)c1Br. The van der Waals surface area contributed by atoms with Gasteiger partial charge in [-0.2, -0.15) is 5.10 Å². The summed E-state index contributed by atoms with van der Waals surface area (Å²) in [5.41, 5.74) is 4.87. The first kappa shape index (κ1) is 19.0. The van der Waals surface area contributed by atoms with Crippen LogP contribution in [-0.4, -0.2) is 17.2 Å². The number of hydrogen-bond acceptors (Lipinski definition) is 3. The molecule has 0 saturated carbocycles. The summed E-state index contributed by atoms with van der Waals surface area (Å²) in [5, 5.41) is 14.6. The number of aryl methyl sites for hydroxylation is 1. The maximum atomic E-state index is 11.8. The van der Waals surface area contributed by atoms with Crippen LogP contribution in [0.15, 0.2) is 44.4 Å². The van der Waals surface area contributed by atoms with Crippen LogP contribution in [0.1, 0.15) is 23.1 Å². The zero-order chi connectivity index (χ0) is 17.7. The fourth-order valence-corrected chi connectivity index (χ4v) is 3.24. The highest BCUT2D eigenvalue weighted by atomic mass is 79.9. The molecular formula is C17H15Br2ClN2O2. The lowest BCUT2D eigenvalue weighted by molar-refractivity contribution is -0.121. The first-order valence-electron chi connectivity index (χ1n) is 7.12. The molecule has 0 unspecified atom stereocenters. The van der Waals surface area contributed by atoms with Crippen molar-refractivity contribution in [3.8, 4) is 5.75 Å². The van der Waals surface area contributed by atoms with Crippen molar-refractivity contribution in [1.82, 2.24) is 5.43 Å². The first-order chi connectivity index (χ1) is 11.4. The zero-order valence-corrected chi connectivity index (χ0v) is 16.7. The number of amides is 1. The van der Waals surface area contributed by atoms with Crippen molar-refractivity contribution in [2.45, 2.75) is 19.8 Å². The molecule has 0 fully saturated rings. The maximum Gasteiger partial charge on any atom is 0.240 e. The minimum absolute atomic E-state index is 0.0786. The van der Waals surface area contributed by atoms with Crippen molar-refractivity contribution in [3.63, 3.8) is 0 Å². The predicted molar refractivity (Wildman–Crippen MR) is 104 cm³/mol. The highest BCUT2D eigenvalue weighted by Gasteiger charge is 2.10. The van der Waals surface area contributed by atoms with E-state index in [1.165, 1.54) is 6.21 Å². The van der Waals surface area contributed by atoms with Crippen molar-refractivity contribution in [1.29, 1.82) is 0 Å². The minimum atomic E-state index is -0.203. The monoisotopic (exact) mass is 472 g/mol. The molecule has 0 aromatic heterocycles. The normalized spacial score (nSPS) is 11.0. The Hall–Kier alpha value is -1.37. The first-order valence-corrected chi connectivity index (χ1v) is 9.08. The van der Waals surface area contributed by atoms with Gasteiger partial charge < -0.3 is 5.11 Å². The molecule has 2 aromatic rings. The molecule has 4 nitrogen and oxygen atoms in total. The van der Waals surface area contributed by atoms with E-state index in [2.05, 4.69) is 42.4 Å². The molecule has 126 valence electrons. The summed E-state index contributed by atoms with van der Waals surface area (Å²) >= 11 is 12.5. The van der Waals surface area contributed by atoms with Crippen LogP contribution in [0.2, 0.25) is 5.02 Å². The molecule has 1 amide bonds. The number of aromatic hydroxyl groups is 1. The van der Waals surface area contributed by atoms with E-state index in [1.807, 2.05) is 19.1 Å². The van der Waals surface area contributed by atoms with Gasteiger partial charge >= 0.3 is 0 Å². The van der Waals surface area contributed by atoms with E-state index in [1.54, 1.807) is 18.2 Å². The summed E-state index contributed by atoms with van der Waals surface area (Å²) in [6, 6.07) is 9.10. The third kappa shape index (κ3) is 5.06. The van der Waals surface area contributed by atoms with Crippen molar-refractivity contribution in [2.24, 2.45) is 5.10 Å². The van der Waals surface area contributed by atoms with Crippen molar-refractivity contribution >= 4 is 55.6 Å². The Kier molecular flexibility index (Phi) is 6.83. The third-order valence-corrected chi connectivity index (χ3v) is 5.44. The summed E-state index contributed by atoms with van der Waals surface area (Å²) in [6.07, 6.45) is 2.32. The average Bonchev–Trinajstić information content (AvgIpc) is 2.57. The number of hydrogen-bond donors (Lipinski definition) is 2. The number of nitrogens with one attached hydrogen (secondary N) is 1. The topological polar surface area (TPSA) is 61.7 Å². The van der Waals surface area contributed by atoms with Crippen LogP contribution in [0.25, 0.3) is 0 Å². The summed E-state index contributed by atoms with van der Waals surface area (Å²) in [5.74, 6) is -0.124. The quantitative estimate of drug-likeness (QED) is 0.475. The summed E-state index contributed by atoms with van der Waals surface area (Å²) in [6.45, 7) is 1.87. The third-order valence-electron chi connectivity index (χ3n) is 3.40. The Morgan fingerprint density at radius 1 is 1.33 bits per heavy atom. The Morgan fingerprint density at radius 3 is 2.67 bits per heavy atom. The molecule has 0 heterocycles. The number of carbonyl (C=O) groups excluding carboxylic acids is 1. The van der Waals surface area contributed by atoms with Gasteiger partial charge in [-0.1, -0.05) is 39.7 Å². The van der Waals surface area contributed by atoms with Gasteiger partial charge in [-0.05, 0) is 58.6 Å². The van der Waals surface area contributed by atoms with Crippen molar-refractivity contribution < 1.29 is 9.90 Å². The molecule has 2 rings (SSSR count). The molecule has 7 heteroatoms. The van der Waals surface area contributed by atoms with Gasteiger partial charge in [0.1, 0.15) is 5.75 Å². The summed E-state index contributed by atoms with van der Waals surface area (Å²) in [7, 11) is 0. The molecule has 0 aliphatic carbocycles. The van der Waals surface area contributed by atoms with E-state index < -0.39 is 0 Å². The van der Waals surface area contributed by atoms with Gasteiger partial charge in [0.15, 0.2) is 0 Å².